The van der Waals surface area contributed by atoms with Crippen LogP contribution in [-0.2, 0) is 6.42 Å². The van der Waals surface area contributed by atoms with Gasteiger partial charge < -0.3 is 10.6 Å². The number of halogens is 1. The average molecular weight is 281 g/mol. The van der Waals surface area contributed by atoms with Crippen molar-refractivity contribution in [2.75, 3.05) is 18.0 Å². The Labute approximate surface area is 121 Å². The van der Waals surface area contributed by atoms with Crippen LogP contribution in [0.25, 0.3) is 0 Å². The molecular formula is C16H25ClN2. The fourth-order valence-electron chi connectivity index (χ4n) is 2.88. The molecule has 2 rings (SSSR count). The van der Waals surface area contributed by atoms with E-state index < -0.39 is 0 Å². The van der Waals surface area contributed by atoms with Gasteiger partial charge in [0.25, 0.3) is 0 Å². The monoisotopic (exact) mass is 280 g/mol. The molecule has 1 aliphatic heterocycles. The Morgan fingerprint density at radius 1 is 1.47 bits per heavy atom. The first kappa shape index (κ1) is 14.7. The van der Waals surface area contributed by atoms with E-state index in [4.69, 9.17) is 17.3 Å². The van der Waals surface area contributed by atoms with Gasteiger partial charge in [-0.1, -0.05) is 31.0 Å². The van der Waals surface area contributed by atoms with E-state index in [9.17, 15) is 0 Å². The maximum atomic E-state index is 6.38. The molecular weight excluding hydrogens is 256 g/mol. The number of hydrogen-bond acceptors (Lipinski definition) is 2. The summed E-state index contributed by atoms with van der Waals surface area (Å²) >= 11 is 6.38. The zero-order chi connectivity index (χ0) is 13.8. The number of anilines is 1. The van der Waals surface area contributed by atoms with Crippen molar-refractivity contribution in [1.82, 2.24) is 0 Å². The average Bonchev–Trinajstić information content (AvgIpc) is 2.40. The highest BCUT2D eigenvalue weighted by Crippen LogP contribution is 2.28. The molecule has 1 aliphatic rings. The van der Waals surface area contributed by atoms with Gasteiger partial charge in [0.1, 0.15) is 0 Å². The van der Waals surface area contributed by atoms with Crippen molar-refractivity contribution in [3.63, 3.8) is 0 Å². The highest BCUT2D eigenvalue weighted by molar-refractivity contribution is 6.31. The van der Waals surface area contributed by atoms with Gasteiger partial charge in [-0.15, -0.1) is 0 Å². The first-order valence-corrected chi connectivity index (χ1v) is 7.77. The van der Waals surface area contributed by atoms with E-state index in [0.29, 0.717) is 0 Å². The van der Waals surface area contributed by atoms with Gasteiger partial charge in [-0.05, 0) is 49.8 Å². The van der Waals surface area contributed by atoms with Crippen molar-refractivity contribution in [2.45, 2.75) is 45.6 Å². The lowest BCUT2D eigenvalue weighted by Gasteiger charge is -2.34. The van der Waals surface area contributed by atoms with Crippen molar-refractivity contribution < 1.29 is 0 Å². The Balaban J connectivity index is 2.10. The van der Waals surface area contributed by atoms with Crippen molar-refractivity contribution in [2.24, 2.45) is 11.7 Å². The van der Waals surface area contributed by atoms with Gasteiger partial charge in [0.15, 0.2) is 0 Å². The molecule has 0 amide bonds. The van der Waals surface area contributed by atoms with E-state index in [-0.39, 0.29) is 6.04 Å². The summed E-state index contributed by atoms with van der Waals surface area (Å²) in [4.78, 5) is 2.47. The SMILES string of the molecule is CCC1CCCN(c2ccc(CC(C)N)c(Cl)c2)C1. The molecule has 19 heavy (non-hydrogen) atoms. The summed E-state index contributed by atoms with van der Waals surface area (Å²) in [5.74, 6) is 0.830. The summed E-state index contributed by atoms with van der Waals surface area (Å²) in [6.07, 6.45) is 4.77. The van der Waals surface area contributed by atoms with Crippen LogP contribution in [0.5, 0.6) is 0 Å². The highest BCUT2D eigenvalue weighted by atomic mass is 35.5. The third-order valence-electron chi connectivity index (χ3n) is 4.04. The van der Waals surface area contributed by atoms with Crippen LogP contribution in [0.15, 0.2) is 18.2 Å². The number of piperidine rings is 1. The van der Waals surface area contributed by atoms with Gasteiger partial charge in [0.2, 0.25) is 0 Å². The van der Waals surface area contributed by atoms with Crippen molar-refractivity contribution >= 4 is 17.3 Å². The Morgan fingerprint density at radius 3 is 2.89 bits per heavy atom. The number of nitrogens with zero attached hydrogens (tertiary/aromatic N) is 1. The molecule has 1 aromatic rings. The smallest absolute Gasteiger partial charge is 0.0459 e. The summed E-state index contributed by atoms with van der Waals surface area (Å²) < 4.78 is 0. The van der Waals surface area contributed by atoms with Gasteiger partial charge in [0, 0.05) is 29.8 Å². The van der Waals surface area contributed by atoms with Gasteiger partial charge in [-0.2, -0.15) is 0 Å². The minimum Gasteiger partial charge on any atom is -0.371 e. The summed E-state index contributed by atoms with van der Waals surface area (Å²) in [6.45, 7) is 6.62. The number of hydrogen-bond donors (Lipinski definition) is 1. The van der Waals surface area contributed by atoms with Crippen LogP contribution in [0, 0.1) is 5.92 Å². The molecule has 1 fully saturated rings. The molecule has 3 heteroatoms. The summed E-state index contributed by atoms with van der Waals surface area (Å²) in [6, 6.07) is 6.60. The molecule has 0 saturated carbocycles. The van der Waals surface area contributed by atoms with Crippen LogP contribution < -0.4 is 10.6 Å². The van der Waals surface area contributed by atoms with Gasteiger partial charge in [0.05, 0.1) is 0 Å². The molecule has 0 radical (unpaired) electrons. The van der Waals surface area contributed by atoms with Gasteiger partial charge in [-0.25, -0.2) is 0 Å². The predicted octanol–water partition coefficient (Wildman–Crippen LogP) is 3.86. The summed E-state index contributed by atoms with van der Waals surface area (Å²) in [5, 5.41) is 0.855. The van der Waals surface area contributed by atoms with E-state index in [2.05, 4.69) is 30.0 Å². The minimum atomic E-state index is 0.155. The Morgan fingerprint density at radius 2 is 2.26 bits per heavy atom. The summed E-state index contributed by atoms with van der Waals surface area (Å²) in [5.41, 5.74) is 8.26. The van der Waals surface area contributed by atoms with Gasteiger partial charge >= 0.3 is 0 Å². The molecule has 0 bridgehead atoms. The normalized spacial score (nSPS) is 21.5. The lowest BCUT2D eigenvalue weighted by atomic mass is 9.95. The lowest BCUT2D eigenvalue weighted by molar-refractivity contribution is 0.405. The fourth-order valence-corrected chi connectivity index (χ4v) is 3.13. The quantitative estimate of drug-likeness (QED) is 0.907. The van der Waals surface area contributed by atoms with E-state index in [0.717, 1.165) is 29.5 Å². The van der Waals surface area contributed by atoms with Crippen LogP contribution in [0.2, 0.25) is 5.02 Å². The van der Waals surface area contributed by atoms with Gasteiger partial charge in [-0.3, -0.25) is 0 Å². The van der Waals surface area contributed by atoms with Crippen LogP contribution in [0.1, 0.15) is 38.7 Å². The standard InChI is InChI=1S/C16H25ClN2/c1-3-13-5-4-8-19(11-13)15-7-6-14(9-12(2)18)16(17)10-15/h6-7,10,12-13H,3-5,8-9,11,18H2,1-2H3. The van der Waals surface area contributed by atoms with Crippen LogP contribution in [0.3, 0.4) is 0 Å². The minimum absolute atomic E-state index is 0.155. The maximum absolute atomic E-state index is 6.38. The Hall–Kier alpha value is -0.730. The van der Waals surface area contributed by atoms with E-state index in [1.165, 1.54) is 31.5 Å². The van der Waals surface area contributed by atoms with E-state index in [1.54, 1.807) is 0 Å². The second kappa shape index (κ2) is 6.62. The third-order valence-corrected chi connectivity index (χ3v) is 4.39. The summed E-state index contributed by atoms with van der Waals surface area (Å²) in [7, 11) is 0. The molecule has 1 aromatic carbocycles. The van der Waals surface area contributed by atoms with Crippen molar-refractivity contribution in [1.29, 1.82) is 0 Å². The second-order valence-corrected chi connectivity index (χ2v) is 6.23. The van der Waals surface area contributed by atoms with Crippen molar-refractivity contribution in [3.8, 4) is 0 Å². The molecule has 1 saturated heterocycles. The molecule has 2 nitrogen and oxygen atoms in total. The molecule has 1 heterocycles. The molecule has 106 valence electrons. The molecule has 0 aliphatic carbocycles. The number of nitrogens with two attached hydrogens (primary N) is 1. The third kappa shape index (κ3) is 3.87. The molecule has 2 unspecified atom stereocenters. The van der Waals surface area contributed by atoms with E-state index in [1.807, 2.05) is 6.92 Å². The lowest BCUT2D eigenvalue weighted by Crippen LogP contribution is -2.35. The molecule has 0 aromatic heterocycles. The van der Waals surface area contributed by atoms with E-state index >= 15 is 0 Å². The van der Waals surface area contributed by atoms with Crippen LogP contribution in [0.4, 0.5) is 5.69 Å². The Kier molecular flexibility index (Phi) is 5.12. The highest BCUT2D eigenvalue weighted by Gasteiger charge is 2.19. The molecule has 2 atom stereocenters. The Bertz CT molecular complexity index is 417. The first-order chi connectivity index (χ1) is 9.10. The second-order valence-electron chi connectivity index (χ2n) is 5.82. The first-order valence-electron chi connectivity index (χ1n) is 7.39. The van der Waals surface area contributed by atoms with Crippen LogP contribution in [-0.4, -0.2) is 19.1 Å². The largest absolute Gasteiger partial charge is 0.371 e. The molecule has 2 N–H and O–H groups in total. The topological polar surface area (TPSA) is 29.3 Å². The number of rotatable bonds is 4. The van der Waals surface area contributed by atoms with Crippen LogP contribution >= 0.6 is 11.6 Å². The molecule has 0 spiro atoms. The van der Waals surface area contributed by atoms with Crippen molar-refractivity contribution in [3.05, 3.63) is 28.8 Å². The predicted molar refractivity (Wildman–Crippen MR) is 84.0 cm³/mol. The zero-order valence-electron chi connectivity index (χ0n) is 12.0. The fraction of sp³-hybridized carbons (Fsp3) is 0.625. The zero-order valence-corrected chi connectivity index (χ0v) is 12.8. The maximum Gasteiger partial charge on any atom is 0.0459 e. The number of benzene rings is 1.